The fourth-order valence-electron chi connectivity index (χ4n) is 6.21. The Morgan fingerprint density at radius 2 is 1.49 bits per heavy atom. The first-order valence-corrected chi connectivity index (χ1v) is 21.3. The summed E-state index contributed by atoms with van der Waals surface area (Å²) in [5.41, 5.74) is 2.56. The number of nitrogens with one attached hydrogen (secondary N) is 2. The van der Waals surface area contributed by atoms with Crippen LogP contribution in [0.5, 0.6) is 0 Å². The highest BCUT2D eigenvalue weighted by atomic mass is 28.4. The normalized spacial score (nSPS) is 21.1. The molecule has 3 N–H and O–H groups in total. The lowest BCUT2D eigenvalue weighted by Gasteiger charge is -2.39. The van der Waals surface area contributed by atoms with E-state index in [4.69, 9.17) is 18.6 Å². The summed E-state index contributed by atoms with van der Waals surface area (Å²) >= 11 is 0. The highest BCUT2D eigenvalue weighted by molar-refractivity contribution is 6.74. The SMILES string of the molecule is CC[Si](CC)(CC)O[C@@H]1[C@H](O[Si](CC)(CC)CC)[C@@H](CNCCO)O[C@H]1n1cnc2c(NCc3ccccc3)ncnc21. The van der Waals surface area contributed by atoms with E-state index in [0.717, 1.165) is 41.8 Å². The molecule has 10 nitrogen and oxygen atoms in total. The maximum atomic E-state index is 9.49. The van der Waals surface area contributed by atoms with E-state index in [1.165, 1.54) is 0 Å². The van der Waals surface area contributed by atoms with Crippen molar-refractivity contribution in [3.8, 4) is 0 Å². The zero-order chi connectivity index (χ0) is 30.9. The van der Waals surface area contributed by atoms with Crippen molar-refractivity contribution in [1.29, 1.82) is 0 Å². The second kappa shape index (κ2) is 15.7. The highest BCUT2D eigenvalue weighted by Gasteiger charge is 2.52. The van der Waals surface area contributed by atoms with Crippen molar-refractivity contribution >= 4 is 33.6 Å². The maximum absolute atomic E-state index is 9.49. The van der Waals surface area contributed by atoms with Crippen LogP contribution in [0.15, 0.2) is 43.0 Å². The number of nitrogens with zero attached hydrogens (tertiary/aromatic N) is 4. The molecule has 4 rings (SSSR count). The summed E-state index contributed by atoms with van der Waals surface area (Å²) in [4.78, 5) is 14.0. The molecule has 3 aromatic rings. The summed E-state index contributed by atoms with van der Waals surface area (Å²) in [6.07, 6.45) is 2.14. The van der Waals surface area contributed by atoms with Gasteiger partial charge in [-0.2, -0.15) is 0 Å². The monoisotopic (exact) mass is 628 g/mol. The number of fused-ring (bicyclic) bond motifs is 1. The van der Waals surface area contributed by atoms with Gasteiger partial charge >= 0.3 is 0 Å². The maximum Gasteiger partial charge on any atom is 0.192 e. The molecule has 0 amide bonds. The molecule has 1 aromatic carbocycles. The second-order valence-corrected chi connectivity index (χ2v) is 21.0. The lowest BCUT2D eigenvalue weighted by Crippen LogP contribution is -2.52. The molecular weight excluding hydrogens is 577 g/mol. The van der Waals surface area contributed by atoms with E-state index in [0.29, 0.717) is 36.6 Å². The van der Waals surface area contributed by atoms with Gasteiger partial charge in [-0.3, -0.25) is 4.57 Å². The lowest BCUT2D eigenvalue weighted by molar-refractivity contribution is -0.0306. The van der Waals surface area contributed by atoms with Crippen molar-refractivity contribution in [1.82, 2.24) is 24.8 Å². The van der Waals surface area contributed by atoms with Crippen molar-refractivity contribution in [2.45, 2.75) is 109 Å². The number of ether oxygens (including phenoxy) is 1. The highest BCUT2D eigenvalue weighted by Crippen LogP contribution is 2.41. The number of anilines is 1. The Morgan fingerprint density at radius 1 is 0.860 bits per heavy atom. The molecule has 1 fully saturated rings. The Kier molecular flexibility index (Phi) is 12.3. The number of rotatable bonds is 18. The second-order valence-electron chi connectivity index (χ2n) is 11.5. The zero-order valence-electron chi connectivity index (χ0n) is 26.9. The summed E-state index contributed by atoms with van der Waals surface area (Å²) in [5.74, 6) is 0.686. The van der Waals surface area contributed by atoms with Crippen LogP contribution in [0.4, 0.5) is 5.82 Å². The minimum atomic E-state index is -2.06. The standard InChI is InChI=1S/C31H52N6O4Si2/c1-7-42(8-2,9-3)40-27-25(21-32-18-19-38)39-31(28(27)41-43(10-4,11-5)12-6)37-23-36-26-29(34-22-35-30(26)37)33-20-24-16-14-13-15-17-24/h13-17,22-23,25,27-28,31-32,38H,7-12,18-21H2,1-6H3,(H,33,34,35)/t25-,27-,28-,31-/m1/s1. The average Bonchev–Trinajstić information content (AvgIpc) is 3.63. The molecule has 0 radical (unpaired) electrons. The Balaban J connectivity index is 1.75. The molecule has 0 saturated carbocycles. The Morgan fingerprint density at radius 3 is 2.09 bits per heavy atom. The summed E-state index contributed by atoms with van der Waals surface area (Å²) in [6, 6.07) is 16.5. The number of hydrogen-bond acceptors (Lipinski definition) is 9. The number of aliphatic hydroxyl groups is 1. The number of imidazole rings is 1. The van der Waals surface area contributed by atoms with Crippen LogP contribution in [0.1, 0.15) is 53.3 Å². The van der Waals surface area contributed by atoms with Gasteiger partial charge in [0.15, 0.2) is 39.8 Å². The summed E-state index contributed by atoms with van der Waals surface area (Å²) in [6.45, 7) is 15.3. The van der Waals surface area contributed by atoms with E-state index in [9.17, 15) is 5.11 Å². The molecule has 0 unspecified atom stereocenters. The Bertz CT molecular complexity index is 1240. The van der Waals surface area contributed by atoms with Gasteiger partial charge in [-0.05, 0) is 41.8 Å². The number of aromatic nitrogens is 4. The van der Waals surface area contributed by atoms with E-state index in [-0.39, 0.29) is 24.9 Å². The summed E-state index contributed by atoms with van der Waals surface area (Å²) in [7, 11) is -4.09. The van der Waals surface area contributed by atoms with E-state index in [1.807, 2.05) is 29.1 Å². The van der Waals surface area contributed by atoms with Crippen molar-refractivity contribution in [3.05, 3.63) is 48.5 Å². The van der Waals surface area contributed by atoms with E-state index >= 15 is 0 Å². The van der Waals surface area contributed by atoms with Gasteiger partial charge < -0.3 is 29.3 Å². The van der Waals surface area contributed by atoms with Gasteiger partial charge in [0, 0.05) is 19.6 Å². The molecule has 0 aliphatic carbocycles. The third-order valence-corrected chi connectivity index (χ3v) is 18.8. The molecule has 3 heterocycles. The number of hydrogen-bond donors (Lipinski definition) is 3. The third-order valence-electron chi connectivity index (χ3n) is 9.49. The Hall–Kier alpha value is -2.20. The van der Waals surface area contributed by atoms with E-state index < -0.39 is 22.9 Å². The fraction of sp³-hybridized carbons (Fsp3) is 0.645. The van der Waals surface area contributed by atoms with Gasteiger partial charge in [0.2, 0.25) is 0 Å². The van der Waals surface area contributed by atoms with Crippen LogP contribution in [0.2, 0.25) is 36.3 Å². The number of benzene rings is 1. The minimum Gasteiger partial charge on any atom is -0.408 e. The summed E-state index contributed by atoms with van der Waals surface area (Å²) < 4.78 is 23.5. The molecule has 0 spiro atoms. The molecular formula is C31H52N6O4Si2. The summed E-state index contributed by atoms with van der Waals surface area (Å²) in [5, 5.41) is 16.3. The predicted molar refractivity (Wildman–Crippen MR) is 177 cm³/mol. The zero-order valence-corrected chi connectivity index (χ0v) is 28.9. The van der Waals surface area contributed by atoms with Crippen LogP contribution in [0.25, 0.3) is 11.2 Å². The molecule has 43 heavy (non-hydrogen) atoms. The topological polar surface area (TPSA) is 116 Å². The molecule has 238 valence electrons. The van der Waals surface area contributed by atoms with Crippen LogP contribution >= 0.6 is 0 Å². The molecule has 0 bridgehead atoms. The largest absolute Gasteiger partial charge is 0.408 e. The van der Waals surface area contributed by atoms with Gasteiger partial charge in [0.25, 0.3) is 0 Å². The number of aliphatic hydroxyl groups excluding tert-OH is 1. The van der Waals surface area contributed by atoms with Crippen LogP contribution in [-0.4, -0.2) is 79.3 Å². The Labute approximate surface area is 259 Å². The molecule has 1 aliphatic rings. The van der Waals surface area contributed by atoms with E-state index in [2.05, 4.69) is 74.3 Å². The van der Waals surface area contributed by atoms with Gasteiger partial charge in [0.05, 0.1) is 12.9 Å². The fourth-order valence-corrected chi connectivity index (χ4v) is 11.9. The van der Waals surface area contributed by atoms with Gasteiger partial charge in [-0.25, -0.2) is 15.0 Å². The van der Waals surface area contributed by atoms with Crippen molar-refractivity contribution < 1.29 is 18.7 Å². The van der Waals surface area contributed by atoms with Crippen LogP contribution < -0.4 is 10.6 Å². The van der Waals surface area contributed by atoms with Gasteiger partial charge in [-0.1, -0.05) is 71.9 Å². The van der Waals surface area contributed by atoms with Crippen molar-refractivity contribution in [3.63, 3.8) is 0 Å². The van der Waals surface area contributed by atoms with Crippen LogP contribution in [0, 0.1) is 0 Å². The molecule has 4 atom stereocenters. The third kappa shape index (κ3) is 7.55. The van der Waals surface area contributed by atoms with Crippen LogP contribution in [-0.2, 0) is 20.1 Å². The van der Waals surface area contributed by atoms with Crippen LogP contribution in [0.3, 0.4) is 0 Å². The average molecular weight is 629 g/mol. The lowest BCUT2D eigenvalue weighted by atomic mass is 10.1. The molecule has 2 aromatic heterocycles. The molecule has 1 aliphatic heterocycles. The first-order chi connectivity index (χ1) is 20.9. The van der Waals surface area contributed by atoms with E-state index in [1.54, 1.807) is 6.33 Å². The minimum absolute atomic E-state index is 0.0680. The first kappa shape index (κ1) is 33.7. The molecule has 12 heteroatoms. The van der Waals surface area contributed by atoms with Crippen molar-refractivity contribution in [2.75, 3.05) is 25.0 Å². The van der Waals surface area contributed by atoms with Gasteiger partial charge in [0.1, 0.15) is 24.6 Å². The van der Waals surface area contributed by atoms with Crippen molar-refractivity contribution in [2.24, 2.45) is 0 Å². The quantitative estimate of drug-likeness (QED) is 0.121. The molecule has 1 saturated heterocycles. The predicted octanol–water partition coefficient (Wildman–Crippen LogP) is 5.70. The first-order valence-electron chi connectivity index (χ1n) is 16.2. The van der Waals surface area contributed by atoms with Gasteiger partial charge in [-0.15, -0.1) is 0 Å². The smallest absolute Gasteiger partial charge is 0.192 e.